The maximum absolute atomic E-state index is 12.5. The SMILES string of the molecule is [2H]C([2H])(Cl)[C@@]([2H])(OC(=O)CCCCCCC/C=C\C/C=C\CCCCC)C([2H])([2H])OC(=O)CCCCCCC/C=C\C/C=C\CCCCC. The molecule has 254 valence electrons. The smallest absolute Gasteiger partial charge is 0.306 e. The Morgan fingerprint density at radius 1 is 0.591 bits per heavy atom. The first-order valence-corrected chi connectivity index (χ1v) is 18.0. The molecule has 44 heavy (non-hydrogen) atoms. The molecule has 0 bridgehead atoms. The van der Waals surface area contributed by atoms with E-state index < -0.39 is 30.4 Å². The molecular formula is C39H67ClO4. The van der Waals surface area contributed by atoms with Crippen molar-refractivity contribution in [2.24, 2.45) is 0 Å². The first-order chi connectivity index (χ1) is 23.4. The summed E-state index contributed by atoms with van der Waals surface area (Å²) in [4.78, 5) is 24.9. The molecule has 4 nitrogen and oxygen atoms in total. The first kappa shape index (κ1) is 33.6. The highest BCUT2D eigenvalue weighted by Crippen LogP contribution is 2.11. The summed E-state index contributed by atoms with van der Waals surface area (Å²) in [6.07, 6.45) is 36.3. The Balaban J connectivity index is 4.30. The molecule has 0 amide bonds. The Hall–Kier alpha value is -1.81. The Labute approximate surface area is 284 Å². The number of allylic oxidation sites excluding steroid dienone is 8. The Bertz CT molecular complexity index is 962. The van der Waals surface area contributed by atoms with E-state index in [1.165, 1.54) is 38.5 Å². The van der Waals surface area contributed by atoms with Crippen molar-refractivity contribution < 1.29 is 25.9 Å². The van der Waals surface area contributed by atoms with Gasteiger partial charge in [0.25, 0.3) is 0 Å². The van der Waals surface area contributed by atoms with Gasteiger partial charge in [0.2, 0.25) is 0 Å². The third-order valence-electron chi connectivity index (χ3n) is 7.22. The summed E-state index contributed by atoms with van der Waals surface area (Å²) in [7, 11) is 0. The number of unbranched alkanes of at least 4 members (excludes halogenated alkanes) is 16. The molecule has 0 aliphatic heterocycles. The fourth-order valence-corrected chi connectivity index (χ4v) is 4.62. The van der Waals surface area contributed by atoms with Crippen LogP contribution in [0.25, 0.3) is 0 Å². The van der Waals surface area contributed by atoms with Gasteiger partial charge in [-0.05, 0) is 77.0 Å². The van der Waals surface area contributed by atoms with Crippen LogP contribution in [0.5, 0.6) is 0 Å². The van der Waals surface area contributed by atoms with Crippen molar-refractivity contribution in [3.05, 3.63) is 48.6 Å². The molecular weight excluding hydrogens is 568 g/mol. The van der Waals surface area contributed by atoms with E-state index >= 15 is 0 Å². The highest BCUT2D eigenvalue weighted by molar-refractivity contribution is 6.18. The summed E-state index contributed by atoms with van der Waals surface area (Å²) < 4.78 is 50.1. The molecule has 0 N–H and O–H groups in total. The fraction of sp³-hybridized carbons (Fsp3) is 0.744. The molecule has 0 fully saturated rings. The van der Waals surface area contributed by atoms with Crippen LogP contribution in [0.4, 0.5) is 0 Å². The summed E-state index contributed by atoms with van der Waals surface area (Å²) in [5, 5.41) is 0. The minimum atomic E-state index is -3.29. The minimum Gasteiger partial charge on any atom is -0.462 e. The van der Waals surface area contributed by atoms with Gasteiger partial charge in [0.15, 0.2) is 0 Å². The zero-order valence-corrected chi connectivity index (χ0v) is 28.9. The normalized spacial score (nSPS) is 15.8. The summed E-state index contributed by atoms with van der Waals surface area (Å²) in [5.41, 5.74) is 0. The third kappa shape index (κ3) is 33.1. The number of halogens is 1. The third-order valence-corrected chi connectivity index (χ3v) is 7.39. The van der Waals surface area contributed by atoms with Gasteiger partial charge in [0.1, 0.15) is 12.6 Å². The van der Waals surface area contributed by atoms with Crippen molar-refractivity contribution in [2.45, 2.75) is 174 Å². The number of carbonyl (C=O) groups excluding carboxylic acids is 2. The molecule has 5 heteroatoms. The zero-order valence-electron chi connectivity index (χ0n) is 33.1. The first-order valence-electron chi connectivity index (χ1n) is 20.1. The standard InChI is InChI=1S/C39H67ClO4/c1-3-5-7-9-11-13-15-17-19-21-23-25-27-29-31-33-38(41)43-36-37(35-40)44-39(42)34-32-30-28-26-24-22-20-18-16-14-12-10-8-6-4-2/h11-14,17-20,37H,3-10,15-16,21-36H2,1-2H3/b13-11-,14-12-,19-17-,20-18-/t37-/m1/s1/i35D2,36D2,37D. The van der Waals surface area contributed by atoms with Crippen LogP contribution in [-0.4, -0.2) is 30.4 Å². The number of hydrogen-bond acceptors (Lipinski definition) is 4. The maximum Gasteiger partial charge on any atom is 0.306 e. The van der Waals surface area contributed by atoms with Gasteiger partial charge < -0.3 is 9.47 Å². The second-order valence-corrected chi connectivity index (χ2v) is 11.6. The van der Waals surface area contributed by atoms with Crippen LogP contribution in [0, 0.1) is 0 Å². The molecule has 0 heterocycles. The molecule has 0 saturated heterocycles. The Morgan fingerprint density at radius 2 is 0.977 bits per heavy atom. The van der Waals surface area contributed by atoms with Crippen molar-refractivity contribution in [1.29, 1.82) is 0 Å². The predicted octanol–water partition coefficient (Wildman–Crippen LogP) is 12.3. The second-order valence-electron chi connectivity index (χ2n) is 11.4. The quantitative estimate of drug-likeness (QED) is 0.0318. The number of carbonyl (C=O) groups is 2. The number of rotatable bonds is 32. The van der Waals surface area contributed by atoms with Gasteiger partial charge in [-0.2, -0.15) is 0 Å². The van der Waals surface area contributed by atoms with Crippen molar-refractivity contribution in [1.82, 2.24) is 0 Å². The summed E-state index contributed by atoms with van der Waals surface area (Å²) in [6.45, 7) is 1.12. The van der Waals surface area contributed by atoms with Gasteiger partial charge in [0.05, 0.1) is 9.94 Å². The molecule has 0 aromatic carbocycles. The lowest BCUT2D eigenvalue weighted by Crippen LogP contribution is -2.26. The van der Waals surface area contributed by atoms with Gasteiger partial charge in [-0.3, -0.25) is 9.59 Å². The average Bonchev–Trinajstić information content (AvgIpc) is 3.03. The van der Waals surface area contributed by atoms with Crippen LogP contribution >= 0.6 is 11.6 Å². The van der Waals surface area contributed by atoms with Gasteiger partial charge in [-0.25, -0.2) is 0 Å². The predicted molar refractivity (Wildman–Crippen MR) is 190 cm³/mol. The van der Waals surface area contributed by atoms with E-state index in [0.717, 1.165) is 89.9 Å². The van der Waals surface area contributed by atoms with Crippen LogP contribution in [0.1, 0.15) is 175 Å². The lowest BCUT2D eigenvalue weighted by Gasteiger charge is -2.15. The Morgan fingerprint density at radius 3 is 1.41 bits per heavy atom. The molecule has 0 aromatic rings. The van der Waals surface area contributed by atoms with Crippen LogP contribution in [0.3, 0.4) is 0 Å². The molecule has 0 aliphatic rings. The van der Waals surface area contributed by atoms with Gasteiger partial charge >= 0.3 is 11.9 Å². The minimum absolute atomic E-state index is 0.0920. The van der Waals surface area contributed by atoms with Crippen LogP contribution in [0.15, 0.2) is 48.6 Å². The molecule has 0 rings (SSSR count). The summed E-state index contributed by atoms with van der Waals surface area (Å²) in [6, 6.07) is 0. The van der Waals surface area contributed by atoms with E-state index in [0.29, 0.717) is 12.8 Å². The number of ether oxygens (including phenoxy) is 2. The second kappa shape index (κ2) is 35.7. The van der Waals surface area contributed by atoms with E-state index in [2.05, 4.69) is 62.5 Å². The molecule has 0 unspecified atom stereocenters. The van der Waals surface area contributed by atoms with E-state index in [1.54, 1.807) is 0 Å². The Kier molecular flexibility index (Phi) is 27.2. The van der Waals surface area contributed by atoms with E-state index in [1.807, 2.05) is 0 Å². The summed E-state index contributed by atoms with van der Waals surface area (Å²) in [5.74, 6) is -5.04. The summed E-state index contributed by atoms with van der Waals surface area (Å²) >= 11 is 5.72. The lowest BCUT2D eigenvalue weighted by molar-refractivity contribution is -0.157. The zero-order chi connectivity index (χ0) is 36.7. The molecule has 0 spiro atoms. The van der Waals surface area contributed by atoms with Crippen molar-refractivity contribution >= 4 is 23.5 Å². The van der Waals surface area contributed by atoms with Crippen molar-refractivity contribution in [3.8, 4) is 0 Å². The largest absolute Gasteiger partial charge is 0.462 e. The highest BCUT2D eigenvalue weighted by Gasteiger charge is 2.16. The number of esters is 2. The van der Waals surface area contributed by atoms with Crippen LogP contribution in [-0.2, 0) is 19.1 Å². The lowest BCUT2D eigenvalue weighted by atomic mass is 10.1. The topological polar surface area (TPSA) is 52.6 Å². The maximum atomic E-state index is 12.5. The van der Waals surface area contributed by atoms with E-state index in [-0.39, 0.29) is 12.8 Å². The highest BCUT2D eigenvalue weighted by atomic mass is 35.5. The monoisotopic (exact) mass is 640 g/mol. The van der Waals surface area contributed by atoms with Crippen LogP contribution < -0.4 is 0 Å². The molecule has 0 aliphatic carbocycles. The number of alkyl halides is 1. The van der Waals surface area contributed by atoms with Crippen LogP contribution in [0.2, 0.25) is 0 Å². The molecule has 0 aromatic heterocycles. The average molecular weight is 640 g/mol. The van der Waals surface area contributed by atoms with Gasteiger partial charge in [-0.15, -0.1) is 11.6 Å². The van der Waals surface area contributed by atoms with Crippen molar-refractivity contribution in [3.63, 3.8) is 0 Å². The van der Waals surface area contributed by atoms with Gasteiger partial charge in [0, 0.05) is 15.6 Å². The molecule has 0 saturated carbocycles. The molecule has 1 atom stereocenters. The van der Waals surface area contributed by atoms with Gasteiger partial charge in [-0.1, -0.05) is 127 Å². The fourth-order valence-electron chi connectivity index (χ4n) is 4.54. The number of hydrogen-bond donors (Lipinski definition) is 0. The molecule has 0 radical (unpaired) electrons. The van der Waals surface area contributed by atoms with E-state index in [4.69, 9.17) is 27.9 Å². The van der Waals surface area contributed by atoms with Crippen molar-refractivity contribution in [2.75, 3.05) is 12.4 Å². The van der Waals surface area contributed by atoms with E-state index in [9.17, 15) is 9.59 Å².